The lowest BCUT2D eigenvalue weighted by Gasteiger charge is -2.39. The molecule has 5 atom stereocenters. The van der Waals surface area contributed by atoms with Crippen molar-refractivity contribution in [2.24, 2.45) is 0 Å². The molecule has 0 spiro atoms. The van der Waals surface area contributed by atoms with Crippen molar-refractivity contribution in [3.05, 3.63) is 23.8 Å². The van der Waals surface area contributed by atoms with E-state index in [2.05, 4.69) is 0 Å². The first-order valence-corrected chi connectivity index (χ1v) is 6.67. The van der Waals surface area contributed by atoms with Crippen molar-refractivity contribution < 1.29 is 39.8 Å². The van der Waals surface area contributed by atoms with E-state index >= 15 is 0 Å². The molecule has 122 valence electrons. The minimum atomic E-state index is -1.60. The number of benzene rings is 1. The van der Waals surface area contributed by atoms with Crippen LogP contribution >= 0.6 is 0 Å². The summed E-state index contributed by atoms with van der Waals surface area (Å²) in [5.41, 5.74) is -0.0977. The van der Waals surface area contributed by atoms with Crippen molar-refractivity contribution in [2.75, 3.05) is 6.61 Å². The molecule has 8 heteroatoms. The molecule has 0 amide bonds. The van der Waals surface area contributed by atoms with Gasteiger partial charge >= 0.3 is 0 Å². The van der Waals surface area contributed by atoms with Gasteiger partial charge in [0.1, 0.15) is 41.5 Å². The van der Waals surface area contributed by atoms with Gasteiger partial charge in [0.05, 0.1) is 6.61 Å². The molecule has 0 aliphatic carbocycles. The van der Waals surface area contributed by atoms with Gasteiger partial charge in [-0.25, -0.2) is 0 Å². The second kappa shape index (κ2) is 6.59. The summed E-state index contributed by atoms with van der Waals surface area (Å²) in [4.78, 5) is 11.6. The second-order valence-corrected chi connectivity index (χ2v) is 5.02. The third-order valence-electron chi connectivity index (χ3n) is 3.45. The van der Waals surface area contributed by atoms with Crippen LogP contribution in [0.25, 0.3) is 0 Å². The molecule has 1 aromatic carbocycles. The summed E-state index contributed by atoms with van der Waals surface area (Å²) in [5.74, 6) is -0.802. The molecular formula is C14H18O8. The van der Waals surface area contributed by atoms with Crippen LogP contribution in [0.15, 0.2) is 18.2 Å². The summed E-state index contributed by atoms with van der Waals surface area (Å²) in [6.07, 6.45) is -7.23. The first-order valence-electron chi connectivity index (χ1n) is 6.67. The van der Waals surface area contributed by atoms with Crippen LogP contribution in [0, 0.1) is 0 Å². The van der Waals surface area contributed by atoms with Crippen LogP contribution in [0.1, 0.15) is 17.3 Å². The van der Waals surface area contributed by atoms with E-state index in [-0.39, 0.29) is 17.1 Å². The van der Waals surface area contributed by atoms with Gasteiger partial charge in [-0.3, -0.25) is 4.79 Å². The van der Waals surface area contributed by atoms with Crippen LogP contribution in [-0.2, 0) is 4.74 Å². The summed E-state index contributed by atoms with van der Waals surface area (Å²) in [6, 6.07) is 4.12. The van der Waals surface area contributed by atoms with E-state index in [1.54, 1.807) is 0 Å². The van der Waals surface area contributed by atoms with Crippen molar-refractivity contribution in [2.45, 2.75) is 37.6 Å². The molecule has 8 nitrogen and oxygen atoms in total. The molecule has 1 aliphatic heterocycles. The Labute approximate surface area is 126 Å². The number of phenolic OH excluding ortho intramolecular Hbond substituents is 1. The second-order valence-electron chi connectivity index (χ2n) is 5.02. The molecule has 0 saturated carbocycles. The van der Waals surface area contributed by atoms with E-state index in [1.807, 2.05) is 0 Å². The fourth-order valence-electron chi connectivity index (χ4n) is 2.26. The van der Waals surface area contributed by atoms with Gasteiger partial charge in [0.25, 0.3) is 0 Å². The average Bonchev–Trinajstić information content (AvgIpc) is 2.47. The number of Topliss-reactive ketones (excluding diaryl/α,β-unsaturated/α-hetero) is 1. The first kappa shape index (κ1) is 16.7. The Morgan fingerprint density at radius 2 is 1.91 bits per heavy atom. The van der Waals surface area contributed by atoms with Crippen molar-refractivity contribution in [1.29, 1.82) is 0 Å². The Bertz CT molecular complexity index is 544. The van der Waals surface area contributed by atoms with Gasteiger partial charge in [-0.2, -0.15) is 0 Å². The maximum atomic E-state index is 11.6. The molecule has 0 radical (unpaired) electrons. The predicted molar refractivity (Wildman–Crippen MR) is 72.5 cm³/mol. The Morgan fingerprint density at radius 3 is 2.50 bits per heavy atom. The largest absolute Gasteiger partial charge is 0.507 e. The Balaban J connectivity index is 2.27. The molecule has 5 N–H and O–H groups in total. The lowest BCUT2D eigenvalue weighted by atomic mass is 9.99. The minimum Gasteiger partial charge on any atom is -0.507 e. The standard InChI is InChI=1S/C14H18O8/c1-6(16)10-7(17)3-2-4-8(10)21-14-13(20)12(19)11(18)9(5-15)22-14/h2-4,9,11-15,17-20H,5H2,1H3/t9-,11+,12-,13+,14-/m0/s1. The van der Waals surface area contributed by atoms with Gasteiger partial charge in [0, 0.05) is 0 Å². The average molecular weight is 314 g/mol. The van der Waals surface area contributed by atoms with E-state index in [9.17, 15) is 25.2 Å². The number of rotatable bonds is 4. The van der Waals surface area contributed by atoms with Crippen LogP contribution in [0.4, 0.5) is 0 Å². The van der Waals surface area contributed by atoms with Crippen LogP contribution in [-0.4, -0.2) is 68.6 Å². The number of ketones is 1. The van der Waals surface area contributed by atoms with Crippen molar-refractivity contribution >= 4 is 5.78 Å². The molecule has 2 rings (SSSR count). The van der Waals surface area contributed by atoms with Gasteiger partial charge in [0.15, 0.2) is 5.78 Å². The number of aromatic hydroxyl groups is 1. The summed E-state index contributed by atoms with van der Waals surface area (Å²) >= 11 is 0. The molecular weight excluding hydrogens is 296 g/mol. The van der Waals surface area contributed by atoms with Gasteiger partial charge in [0.2, 0.25) is 6.29 Å². The Hall–Kier alpha value is -1.71. The topological polar surface area (TPSA) is 137 Å². The number of carbonyl (C=O) groups excluding carboxylic acids is 1. The monoisotopic (exact) mass is 314 g/mol. The SMILES string of the molecule is CC(=O)c1c(O)cccc1O[C@H]1O[C@@H](CO)[C@@H](O)[C@H](O)[C@H]1O. The van der Waals surface area contributed by atoms with Gasteiger partial charge in [-0.05, 0) is 19.1 Å². The first-order chi connectivity index (χ1) is 10.4. The third kappa shape index (κ3) is 3.06. The number of hydrogen-bond donors (Lipinski definition) is 5. The van der Waals surface area contributed by atoms with E-state index in [1.165, 1.54) is 25.1 Å². The summed E-state index contributed by atoms with van der Waals surface area (Å²) < 4.78 is 10.5. The fraction of sp³-hybridized carbons (Fsp3) is 0.500. The van der Waals surface area contributed by atoms with Crippen LogP contribution in [0.5, 0.6) is 11.5 Å². The van der Waals surface area contributed by atoms with E-state index in [0.717, 1.165) is 0 Å². The molecule has 1 aromatic rings. The number of carbonyl (C=O) groups is 1. The molecule has 1 saturated heterocycles. The van der Waals surface area contributed by atoms with E-state index < -0.39 is 43.1 Å². The van der Waals surface area contributed by atoms with Crippen molar-refractivity contribution in [3.8, 4) is 11.5 Å². The lowest BCUT2D eigenvalue weighted by Crippen LogP contribution is -2.60. The summed E-state index contributed by atoms with van der Waals surface area (Å²) in [6.45, 7) is 0.639. The van der Waals surface area contributed by atoms with Crippen LogP contribution in [0.2, 0.25) is 0 Å². The predicted octanol–water partition coefficient (Wildman–Crippen LogP) is -1.23. The highest BCUT2D eigenvalue weighted by molar-refractivity contribution is 5.99. The molecule has 1 fully saturated rings. The number of ether oxygens (including phenoxy) is 2. The zero-order valence-electron chi connectivity index (χ0n) is 11.8. The van der Waals surface area contributed by atoms with E-state index in [4.69, 9.17) is 14.6 Å². The smallest absolute Gasteiger partial charge is 0.229 e. The molecule has 0 bridgehead atoms. The molecule has 1 heterocycles. The molecule has 0 aromatic heterocycles. The lowest BCUT2D eigenvalue weighted by molar-refractivity contribution is -0.277. The highest BCUT2D eigenvalue weighted by atomic mass is 16.7. The number of aliphatic hydroxyl groups is 4. The number of aliphatic hydroxyl groups excluding tert-OH is 4. The quantitative estimate of drug-likeness (QED) is 0.436. The van der Waals surface area contributed by atoms with Crippen molar-refractivity contribution in [1.82, 2.24) is 0 Å². The van der Waals surface area contributed by atoms with Crippen LogP contribution in [0.3, 0.4) is 0 Å². The molecule has 1 aliphatic rings. The maximum Gasteiger partial charge on any atom is 0.229 e. The maximum absolute atomic E-state index is 11.6. The molecule has 0 unspecified atom stereocenters. The highest BCUT2D eigenvalue weighted by Gasteiger charge is 2.45. The minimum absolute atomic E-state index is 0.0446. The number of hydrogen-bond acceptors (Lipinski definition) is 8. The van der Waals surface area contributed by atoms with Gasteiger partial charge < -0.3 is 35.0 Å². The van der Waals surface area contributed by atoms with Crippen molar-refractivity contribution in [3.63, 3.8) is 0 Å². The molecule has 22 heavy (non-hydrogen) atoms. The zero-order valence-corrected chi connectivity index (χ0v) is 11.8. The van der Waals surface area contributed by atoms with Gasteiger partial charge in [-0.1, -0.05) is 6.07 Å². The Kier molecular flexibility index (Phi) is 4.99. The fourth-order valence-corrected chi connectivity index (χ4v) is 2.26. The number of phenols is 1. The summed E-state index contributed by atoms with van der Waals surface area (Å²) in [7, 11) is 0. The third-order valence-corrected chi connectivity index (χ3v) is 3.45. The normalized spacial score (nSPS) is 31.8. The van der Waals surface area contributed by atoms with Gasteiger partial charge in [-0.15, -0.1) is 0 Å². The summed E-state index contributed by atoms with van der Waals surface area (Å²) in [5, 5.41) is 48.1. The van der Waals surface area contributed by atoms with Crippen LogP contribution < -0.4 is 4.74 Å². The zero-order chi connectivity index (χ0) is 16.4. The highest BCUT2D eigenvalue weighted by Crippen LogP contribution is 2.31. The van der Waals surface area contributed by atoms with E-state index in [0.29, 0.717) is 0 Å². The Morgan fingerprint density at radius 1 is 1.23 bits per heavy atom.